The summed E-state index contributed by atoms with van der Waals surface area (Å²) in [6, 6.07) is 5.73. The third-order valence-electron chi connectivity index (χ3n) is 3.98. The summed E-state index contributed by atoms with van der Waals surface area (Å²) in [7, 11) is 0. The van der Waals surface area contributed by atoms with Crippen LogP contribution in [0.5, 0.6) is 11.5 Å². The van der Waals surface area contributed by atoms with Crippen LogP contribution in [-0.2, 0) is 4.79 Å². The van der Waals surface area contributed by atoms with Crippen molar-refractivity contribution in [2.75, 3.05) is 12.1 Å². The summed E-state index contributed by atoms with van der Waals surface area (Å²) in [4.78, 5) is 16.5. The average Bonchev–Trinajstić information content (AvgIpc) is 3.27. The fourth-order valence-electron chi connectivity index (χ4n) is 2.79. The first-order chi connectivity index (χ1) is 11.3. The molecule has 1 N–H and O–H groups in total. The molecule has 2 aromatic rings. The van der Waals surface area contributed by atoms with Crippen molar-refractivity contribution in [1.29, 1.82) is 0 Å². The van der Waals surface area contributed by atoms with E-state index >= 15 is 0 Å². The van der Waals surface area contributed by atoms with Crippen molar-refractivity contribution in [3.8, 4) is 22.8 Å². The van der Waals surface area contributed by atoms with Gasteiger partial charge in [0.15, 0.2) is 16.6 Å². The van der Waals surface area contributed by atoms with E-state index in [1.165, 1.54) is 11.3 Å². The lowest BCUT2D eigenvalue weighted by atomic mass is 10.1. The summed E-state index contributed by atoms with van der Waals surface area (Å²) in [6.45, 7) is 0.257. The molecule has 2 heterocycles. The molecule has 118 valence electrons. The maximum atomic E-state index is 12.1. The van der Waals surface area contributed by atoms with Crippen molar-refractivity contribution >= 4 is 22.4 Å². The number of nitrogens with zero attached hydrogens (tertiary/aromatic N) is 1. The number of allylic oxidation sites excluding steroid dienone is 2. The second-order valence-corrected chi connectivity index (χ2v) is 6.48. The topological polar surface area (TPSA) is 60.5 Å². The molecule has 0 spiro atoms. The summed E-state index contributed by atoms with van der Waals surface area (Å²) >= 11 is 1.43. The standard InChI is InChI=1S/C17H16N2O3S/c20-16(7-11-3-1-2-4-11)19-17-18-13(9-23-17)12-5-6-14-15(8-12)22-10-21-14/h1,3,5-6,8-9,11H,2,4,7,10H2,(H,18,19,20)/t11-/m0/s1. The molecule has 0 bridgehead atoms. The quantitative estimate of drug-likeness (QED) is 0.867. The zero-order valence-electron chi connectivity index (χ0n) is 12.5. The van der Waals surface area contributed by atoms with E-state index in [0.29, 0.717) is 17.5 Å². The zero-order chi connectivity index (χ0) is 15.6. The monoisotopic (exact) mass is 328 g/mol. The van der Waals surface area contributed by atoms with Crippen LogP contribution in [0.25, 0.3) is 11.3 Å². The van der Waals surface area contributed by atoms with Crippen LogP contribution in [0.3, 0.4) is 0 Å². The van der Waals surface area contributed by atoms with Gasteiger partial charge in [0.1, 0.15) is 0 Å². The molecule has 23 heavy (non-hydrogen) atoms. The predicted molar refractivity (Wildman–Crippen MR) is 88.8 cm³/mol. The summed E-state index contributed by atoms with van der Waals surface area (Å²) in [5.41, 5.74) is 1.77. The number of hydrogen-bond acceptors (Lipinski definition) is 5. The molecule has 4 rings (SSSR count). The molecule has 0 radical (unpaired) electrons. The molecule has 5 nitrogen and oxygen atoms in total. The molecule has 1 aliphatic carbocycles. The van der Waals surface area contributed by atoms with Crippen molar-refractivity contribution in [2.45, 2.75) is 19.3 Å². The average molecular weight is 328 g/mol. The molecule has 1 atom stereocenters. The highest BCUT2D eigenvalue weighted by Gasteiger charge is 2.17. The smallest absolute Gasteiger partial charge is 0.231 e. The van der Waals surface area contributed by atoms with Gasteiger partial charge in [-0.2, -0.15) is 0 Å². The van der Waals surface area contributed by atoms with Crippen molar-refractivity contribution in [1.82, 2.24) is 4.98 Å². The van der Waals surface area contributed by atoms with Gasteiger partial charge in [-0.1, -0.05) is 12.2 Å². The van der Waals surface area contributed by atoms with Gasteiger partial charge >= 0.3 is 0 Å². The molecule has 1 aromatic heterocycles. The van der Waals surface area contributed by atoms with Crippen molar-refractivity contribution in [3.05, 3.63) is 35.7 Å². The van der Waals surface area contributed by atoms with Crippen LogP contribution in [0, 0.1) is 5.92 Å². The van der Waals surface area contributed by atoms with Gasteiger partial charge in [0.25, 0.3) is 0 Å². The number of anilines is 1. The largest absolute Gasteiger partial charge is 0.454 e. The highest BCUT2D eigenvalue weighted by atomic mass is 32.1. The van der Waals surface area contributed by atoms with Crippen LogP contribution in [-0.4, -0.2) is 17.7 Å². The molecule has 1 aromatic carbocycles. The second kappa shape index (κ2) is 6.04. The zero-order valence-corrected chi connectivity index (χ0v) is 13.3. The maximum Gasteiger partial charge on any atom is 0.231 e. The molecular formula is C17H16N2O3S. The Hall–Kier alpha value is -2.34. The normalized spacial score (nSPS) is 18.3. The number of thiazole rings is 1. The lowest BCUT2D eigenvalue weighted by molar-refractivity contribution is -0.116. The fourth-order valence-corrected chi connectivity index (χ4v) is 3.53. The SMILES string of the molecule is O=C(C[C@H]1C=CCC1)Nc1nc(-c2ccc3c(c2)OCO3)cs1. The Morgan fingerprint density at radius 3 is 3.13 bits per heavy atom. The van der Waals surface area contributed by atoms with Gasteiger partial charge in [-0.05, 0) is 37.0 Å². The van der Waals surface area contributed by atoms with Crippen LogP contribution < -0.4 is 14.8 Å². The number of carbonyl (C=O) groups excluding carboxylic acids is 1. The number of benzene rings is 1. The van der Waals surface area contributed by atoms with Crippen LogP contribution in [0.2, 0.25) is 0 Å². The van der Waals surface area contributed by atoms with Crippen LogP contribution >= 0.6 is 11.3 Å². The van der Waals surface area contributed by atoms with E-state index in [1.807, 2.05) is 23.6 Å². The fraction of sp³-hybridized carbons (Fsp3) is 0.294. The lowest BCUT2D eigenvalue weighted by Gasteiger charge is -2.06. The van der Waals surface area contributed by atoms with Crippen LogP contribution in [0.15, 0.2) is 35.7 Å². The van der Waals surface area contributed by atoms with E-state index in [-0.39, 0.29) is 12.7 Å². The first-order valence-electron chi connectivity index (χ1n) is 7.60. The highest BCUT2D eigenvalue weighted by molar-refractivity contribution is 7.14. The van der Waals surface area contributed by atoms with Gasteiger partial charge < -0.3 is 14.8 Å². The third kappa shape index (κ3) is 3.07. The van der Waals surface area contributed by atoms with Gasteiger partial charge in [-0.25, -0.2) is 4.98 Å². The van der Waals surface area contributed by atoms with E-state index in [9.17, 15) is 4.79 Å². The number of amides is 1. The Morgan fingerprint density at radius 2 is 2.26 bits per heavy atom. The number of nitrogens with one attached hydrogen (secondary N) is 1. The summed E-state index contributed by atoms with van der Waals surface area (Å²) in [5, 5.41) is 5.45. The molecular weight excluding hydrogens is 312 g/mol. The number of carbonyl (C=O) groups is 1. The number of fused-ring (bicyclic) bond motifs is 1. The number of aromatic nitrogens is 1. The Labute approximate surface area is 138 Å². The van der Waals surface area contributed by atoms with Crippen molar-refractivity contribution < 1.29 is 14.3 Å². The Morgan fingerprint density at radius 1 is 1.35 bits per heavy atom. The molecule has 1 aliphatic heterocycles. The van der Waals surface area contributed by atoms with E-state index in [0.717, 1.165) is 35.6 Å². The summed E-state index contributed by atoms with van der Waals surface area (Å²) in [5.74, 6) is 1.87. The molecule has 0 unspecified atom stereocenters. The van der Waals surface area contributed by atoms with Crippen LogP contribution in [0.1, 0.15) is 19.3 Å². The highest BCUT2D eigenvalue weighted by Crippen LogP contribution is 2.36. The Balaban J connectivity index is 1.44. The molecule has 0 saturated heterocycles. The lowest BCUT2D eigenvalue weighted by Crippen LogP contribution is -2.14. The Kier molecular flexibility index (Phi) is 3.75. The first-order valence-corrected chi connectivity index (χ1v) is 8.48. The molecule has 6 heteroatoms. The minimum atomic E-state index is 0.0214. The van der Waals surface area contributed by atoms with Crippen molar-refractivity contribution in [2.24, 2.45) is 5.92 Å². The first kappa shape index (κ1) is 14.3. The van der Waals surface area contributed by atoms with Crippen molar-refractivity contribution in [3.63, 3.8) is 0 Å². The van der Waals surface area contributed by atoms with E-state index < -0.39 is 0 Å². The number of hydrogen-bond donors (Lipinski definition) is 1. The van der Waals surface area contributed by atoms with Gasteiger partial charge in [0.2, 0.25) is 12.7 Å². The van der Waals surface area contributed by atoms with E-state index in [1.54, 1.807) is 0 Å². The van der Waals surface area contributed by atoms with E-state index in [4.69, 9.17) is 9.47 Å². The predicted octanol–water partition coefficient (Wildman–Crippen LogP) is 3.83. The number of rotatable bonds is 4. The van der Waals surface area contributed by atoms with Crippen LogP contribution in [0.4, 0.5) is 5.13 Å². The van der Waals surface area contributed by atoms with Gasteiger partial charge in [-0.15, -0.1) is 11.3 Å². The molecule has 2 aliphatic rings. The summed E-state index contributed by atoms with van der Waals surface area (Å²) in [6.07, 6.45) is 6.92. The maximum absolute atomic E-state index is 12.1. The molecule has 0 fully saturated rings. The molecule has 0 saturated carbocycles. The molecule has 1 amide bonds. The second-order valence-electron chi connectivity index (χ2n) is 5.62. The van der Waals surface area contributed by atoms with Gasteiger partial charge in [-0.3, -0.25) is 4.79 Å². The number of ether oxygens (including phenoxy) is 2. The minimum absolute atomic E-state index is 0.0214. The van der Waals surface area contributed by atoms with E-state index in [2.05, 4.69) is 22.5 Å². The summed E-state index contributed by atoms with van der Waals surface area (Å²) < 4.78 is 10.7. The van der Waals surface area contributed by atoms with Gasteiger partial charge in [0.05, 0.1) is 5.69 Å². The minimum Gasteiger partial charge on any atom is -0.454 e. The Bertz CT molecular complexity index is 769. The third-order valence-corrected chi connectivity index (χ3v) is 4.74. The van der Waals surface area contributed by atoms with Gasteiger partial charge in [0, 0.05) is 17.4 Å².